The fourth-order valence-electron chi connectivity index (χ4n) is 4.54. The number of aromatic nitrogens is 4. The van der Waals surface area contributed by atoms with E-state index < -0.39 is 83.8 Å². The highest BCUT2D eigenvalue weighted by atomic mass is 31.3. The van der Waals surface area contributed by atoms with Crippen molar-refractivity contribution in [1.29, 1.82) is 0 Å². The second-order valence-electron chi connectivity index (χ2n) is 9.68. The van der Waals surface area contributed by atoms with Crippen LogP contribution in [0.1, 0.15) is 14.0 Å². The zero-order valence-electron chi connectivity index (χ0n) is 23.3. The van der Waals surface area contributed by atoms with Gasteiger partial charge in [0.2, 0.25) is 5.91 Å². The Kier molecular flexibility index (Phi) is 8.83. The lowest BCUT2D eigenvalue weighted by Gasteiger charge is -2.28. The number of amides is 1. The van der Waals surface area contributed by atoms with E-state index in [9.17, 15) is 44.1 Å². The Morgan fingerprint density at radius 2 is 1.70 bits per heavy atom. The molecule has 2 saturated heterocycles. The average Bonchev–Trinajstić information content (AvgIpc) is 3.60. The van der Waals surface area contributed by atoms with Crippen LogP contribution < -0.4 is 11.5 Å². The number of phosphoric acid groups is 2. The summed E-state index contributed by atoms with van der Waals surface area (Å²) in [7, 11) is -11.0. The molecule has 21 nitrogen and oxygen atoms in total. The third-order valence-corrected chi connectivity index (χ3v) is 9.31. The third-order valence-electron chi connectivity index (χ3n) is 6.72. The molecular weight excluding hydrogens is 636 g/mol. The van der Waals surface area contributed by atoms with Crippen LogP contribution in [0, 0.1) is 0 Å². The van der Waals surface area contributed by atoms with Gasteiger partial charge in [-0.15, -0.1) is 0 Å². The first-order valence-corrected chi connectivity index (χ1v) is 15.6. The summed E-state index contributed by atoms with van der Waals surface area (Å²) in [5.74, 6) is -0.721. The Balaban J connectivity index is 1.17. The van der Waals surface area contributed by atoms with Crippen LogP contribution >= 0.6 is 15.6 Å². The predicted molar refractivity (Wildman–Crippen MR) is 142 cm³/mol. The number of carbonyl (C=O) groups excluding carboxylic acids is 1. The molecule has 0 spiro atoms. The number of nitrogens with zero attached hydrogens (tertiary/aromatic N) is 5. The van der Waals surface area contributed by atoms with Gasteiger partial charge in [-0.3, -0.25) is 18.4 Å². The highest BCUT2D eigenvalue weighted by molar-refractivity contribution is 7.61. The quantitative estimate of drug-likeness (QED) is 0.113. The summed E-state index contributed by atoms with van der Waals surface area (Å²) < 4.78 is 58.9. The van der Waals surface area contributed by atoms with Crippen molar-refractivity contribution in [3.63, 3.8) is 0 Å². The number of aliphatic hydroxyl groups excluding tert-OH is 4. The molecule has 2 aromatic heterocycles. The fourth-order valence-corrected chi connectivity index (χ4v) is 6.59. The Morgan fingerprint density at radius 3 is 2.41 bits per heavy atom. The van der Waals surface area contributed by atoms with Crippen LogP contribution in [0.3, 0.4) is 0 Å². The molecule has 23 heteroatoms. The van der Waals surface area contributed by atoms with Gasteiger partial charge >= 0.3 is 15.6 Å². The summed E-state index contributed by atoms with van der Waals surface area (Å²) >= 11 is 0. The summed E-state index contributed by atoms with van der Waals surface area (Å²) in [5, 5.41) is 41.8. The number of hydrogen-bond acceptors (Lipinski definition) is 17. The number of nitrogens with two attached hydrogens (primary N) is 2. The number of fused-ring (bicyclic) bond motifs is 1. The minimum atomic E-state index is -5.53. The van der Waals surface area contributed by atoms with E-state index in [1.54, 1.807) is 6.08 Å². The number of carbonyl (C=O) groups is 1. The molecule has 242 valence electrons. The molecule has 1 amide bonds. The summed E-state index contributed by atoms with van der Waals surface area (Å²) in [6.45, 7) is -2.20. The molecule has 2 unspecified atom stereocenters. The molecule has 5 heterocycles. The molecule has 0 saturated carbocycles. The standard InChI is InChI=1S/C21H29N7O14P2/c22-17-12-19(25-7-24-17)28(8-26-12)21-16(32)14(30)11(41-21)6-39-44(36,37)42-43(34,35)38-5-10-13(29)15(31)20(40-10)27-3-1-2-9(4-27)18(23)33/h1,3-4,7-8,10-11,13-16,20-21,29-32H,2,5-6H2,(H2,23,33)(H,34,35)(H,36,37)(H2,22,24,25)/t10-,11-,13-,14-,15-,16-,20-,21-/m1/s1/i11D. The molecule has 0 aromatic carbocycles. The SMILES string of the molecule is [2H][C@]1(COP(=O)(O)OP(=O)(O)OC[C@H]2O[C@@H](N3C=CCC(C(N)=O)=C3)[C@H](O)[C@@H]2O)O[C@@H](n2cnc3c(N)ncnc32)[C@H](O)[C@@H]1O. The number of aliphatic hydroxyl groups is 4. The van der Waals surface area contributed by atoms with Crippen LogP contribution in [-0.4, -0.2) is 117 Å². The van der Waals surface area contributed by atoms with Crippen LogP contribution in [0.5, 0.6) is 0 Å². The van der Waals surface area contributed by atoms with Gasteiger partial charge < -0.3 is 56.1 Å². The number of anilines is 1. The molecule has 2 aromatic rings. The second-order valence-corrected chi connectivity index (χ2v) is 12.7. The lowest BCUT2D eigenvalue weighted by Crippen LogP contribution is -2.40. The number of imidazole rings is 1. The van der Waals surface area contributed by atoms with Crippen molar-refractivity contribution in [2.45, 2.75) is 55.5 Å². The predicted octanol–water partition coefficient (Wildman–Crippen LogP) is -2.69. The van der Waals surface area contributed by atoms with Crippen molar-refractivity contribution in [3.8, 4) is 0 Å². The number of rotatable bonds is 11. The van der Waals surface area contributed by atoms with Gasteiger partial charge in [-0.05, 0) is 6.42 Å². The molecule has 0 bridgehead atoms. The first-order valence-electron chi connectivity index (χ1n) is 13.1. The van der Waals surface area contributed by atoms with E-state index in [0.29, 0.717) is 0 Å². The van der Waals surface area contributed by atoms with E-state index in [1.165, 1.54) is 17.3 Å². The minimum Gasteiger partial charge on any atom is -0.387 e. The van der Waals surface area contributed by atoms with Crippen LogP contribution in [0.4, 0.5) is 5.82 Å². The lowest BCUT2D eigenvalue weighted by atomic mass is 10.1. The monoisotopic (exact) mass is 666 g/mol. The molecule has 5 rings (SSSR count). The maximum atomic E-state index is 12.5. The van der Waals surface area contributed by atoms with E-state index in [-0.39, 0.29) is 29.0 Å². The summed E-state index contributed by atoms with van der Waals surface area (Å²) in [5.41, 5.74) is 11.4. The number of ether oxygens (including phenoxy) is 2. The van der Waals surface area contributed by atoms with Gasteiger partial charge in [0.1, 0.15) is 48.4 Å². The Bertz CT molecular complexity index is 1610. The van der Waals surface area contributed by atoms with Crippen LogP contribution in [0.15, 0.2) is 36.7 Å². The number of primary amides is 1. The number of allylic oxidation sites excluding steroid dienone is 1. The second kappa shape index (κ2) is 12.5. The molecule has 10 N–H and O–H groups in total. The summed E-state index contributed by atoms with van der Waals surface area (Å²) in [6, 6.07) is 0. The first-order chi connectivity index (χ1) is 21.0. The van der Waals surface area contributed by atoms with Crippen molar-refractivity contribution in [2.24, 2.45) is 5.73 Å². The Hall–Kier alpha value is -2.88. The highest BCUT2D eigenvalue weighted by Crippen LogP contribution is 2.60. The molecule has 44 heavy (non-hydrogen) atoms. The number of phosphoric ester groups is 2. The molecule has 0 radical (unpaired) electrons. The van der Waals surface area contributed by atoms with Crippen LogP contribution in [-0.2, 0) is 36.8 Å². The van der Waals surface area contributed by atoms with E-state index in [1.807, 2.05) is 0 Å². The van der Waals surface area contributed by atoms with E-state index in [4.69, 9.17) is 22.3 Å². The van der Waals surface area contributed by atoms with E-state index in [2.05, 4.69) is 28.3 Å². The van der Waals surface area contributed by atoms with E-state index >= 15 is 0 Å². The minimum absolute atomic E-state index is 0.00127. The fraction of sp³-hybridized carbons (Fsp3) is 0.524. The first kappa shape index (κ1) is 31.1. The van der Waals surface area contributed by atoms with Gasteiger partial charge in [-0.25, -0.2) is 24.1 Å². The van der Waals surface area contributed by atoms with Gasteiger partial charge in [-0.2, -0.15) is 4.31 Å². The van der Waals surface area contributed by atoms with Crippen LogP contribution in [0.25, 0.3) is 11.2 Å². The molecule has 0 aliphatic carbocycles. The van der Waals surface area contributed by atoms with Crippen molar-refractivity contribution in [1.82, 2.24) is 24.4 Å². The number of hydrogen-bond donors (Lipinski definition) is 8. The van der Waals surface area contributed by atoms with Crippen molar-refractivity contribution < 1.29 is 68.3 Å². The Labute approximate surface area is 248 Å². The molecule has 3 aliphatic rings. The molecule has 3 aliphatic heterocycles. The third kappa shape index (κ3) is 6.70. The average molecular weight is 666 g/mol. The smallest absolute Gasteiger partial charge is 0.387 e. The summed E-state index contributed by atoms with van der Waals surface area (Å²) in [6.07, 6.45) is -7.18. The van der Waals surface area contributed by atoms with Crippen molar-refractivity contribution in [3.05, 3.63) is 36.7 Å². The molecule has 10 atom stereocenters. The van der Waals surface area contributed by atoms with Crippen molar-refractivity contribution in [2.75, 3.05) is 18.9 Å². The largest absolute Gasteiger partial charge is 0.481 e. The molecule has 2 fully saturated rings. The van der Waals surface area contributed by atoms with Gasteiger partial charge in [-0.1, -0.05) is 6.08 Å². The summed E-state index contributed by atoms with van der Waals surface area (Å²) in [4.78, 5) is 44.6. The maximum Gasteiger partial charge on any atom is 0.481 e. The lowest BCUT2D eigenvalue weighted by molar-refractivity contribution is -0.115. The normalized spacial score (nSPS) is 35.3. The maximum absolute atomic E-state index is 12.5. The van der Waals surface area contributed by atoms with Crippen molar-refractivity contribution >= 4 is 38.5 Å². The molecular formula is C21H29N7O14P2. The van der Waals surface area contributed by atoms with Crippen LogP contribution in [0.2, 0.25) is 0 Å². The highest BCUT2D eigenvalue weighted by Gasteiger charge is 2.48. The van der Waals surface area contributed by atoms with Gasteiger partial charge in [0.05, 0.1) is 20.9 Å². The zero-order valence-corrected chi connectivity index (χ0v) is 24.1. The topological polar surface area (TPSA) is 318 Å². The van der Waals surface area contributed by atoms with Gasteiger partial charge in [0.25, 0.3) is 0 Å². The van der Waals surface area contributed by atoms with Gasteiger partial charge in [0, 0.05) is 18.0 Å². The van der Waals surface area contributed by atoms with E-state index in [0.717, 1.165) is 17.2 Å². The number of nitrogen functional groups attached to an aromatic ring is 1. The van der Waals surface area contributed by atoms with Gasteiger partial charge in [0.15, 0.2) is 23.9 Å². The zero-order chi connectivity index (χ0) is 32.9. The Morgan fingerprint density at radius 1 is 1.02 bits per heavy atom.